The maximum Gasteiger partial charge on any atom is 0.238 e. The summed E-state index contributed by atoms with van der Waals surface area (Å²) < 4.78 is 5.70. The van der Waals surface area contributed by atoms with Gasteiger partial charge in [0.25, 0.3) is 0 Å². The molecule has 5 nitrogen and oxygen atoms in total. The summed E-state index contributed by atoms with van der Waals surface area (Å²) in [5, 5.41) is 10.8. The van der Waals surface area contributed by atoms with E-state index in [4.69, 9.17) is 10.5 Å². The first-order valence-corrected chi connectivity index (χ1v) is 7.84. The fourth-order valence-corrected chi connectivity index (χ4v) is 2.43. The molecule has 0 unspecified atom stereocenters. The van der Waals surface area contributed by atoms with E-state index >= 15 is 0 Å². The molecule has 2 rings (SSSR count). The average molecular weight is 332 g/mol. The van der Waals surface area contributed by atoms with Crippen LogP contribution in [0.2, 0.25) is 0 Å². The van der Waals surface area contributed by atoms with Crippen molar-refractivity contribution in [2.24, 2.45) is 5.73 Å². The van der Waals surface area contributed by atoms with Crippen LogP contribution in [0, 0.1) is 0 Å². The predicted molar refractivity (Wildman–Crippen MR) is 91.4 cm³/mol. The van der Waals surface area contributed by atoms with E-state index in [1.807, 2.05) is 54.6 Å². The normalized spacial score (nSPS) is 12.1. The van der Waals surface area contributed by atoms with E-state index in [2.05, 4.69) is 12.6 Å². The lowest BCUT2D eigenvalue weighted by molar-refractivity contribution is -0.152. The van der Waals surface area contributed by atoms with Crippen LogP contribution < -0.4 is 10.5 Å². The van der Waals surface area contributed by atoms with E-state index in [9.17, 15) is 10.0 Å². The number of benzene rings is 2. The Kier molecular flexibility index (Phi) is 6.46. The fraction of sp³-hybridized carbons (Fsp3) is 0.235. The summed E-state index contributed by atoms with van der Waals surface area (Å²) in [6.07, 6.45) is 0. The van der Waals surface area contributed by atoms with Crippen LogP contribution >= 0.6 is 12.6 Å². The molecule has 0 aliphatic heterocycles. The van der Waals surface area contributed by atoms with Gasteiger partial charge in [0.05, 0.1) is 0 Å². The molecule has 0 saturated heterocycles. The molecular weight excluding hydrogens is 312 g/mol. The minimum Gasteiger partial charge on any atom is -0.489 e. The number of rotatable bonds is 8. The summed E-state index contributed by atoms with van der Waals surface area (Å²) in [7, 11) is 0. The number of hydrogen-bond donors (Lipinski definition) is 3. The van der Waals surface area contributed by atoms with Crippen molar-refractivity contribution < 1.29 is 14.7 Å². The molecule has 0 aromatic heterocycles. The first-order valence-electron chi connectivity index (χ1n) is 7.21. The number of carbonyl (C=O) groups excluding carboxylic acids is 1. The van der Waals surface area contributed by atoms with Crippen LogP contribution in [0.1, 0.15) is 11.1 Å². The van der Waals surface area contributed by atoms with Crippen LogP contribution in [-0.2, 0) is 17.9 Å². The Morgan fingerprint density at radius 2 is 1.78 bits per heavy atom. The summed E-state index contributed by atoms with van der Waals surface area (Å²) in [6.45, 7) is 0.683. The third kappa shape index (κ3) is 5.28. The third-order valence-corrected chi connectivity index (χ3v) is 3.72. The minimum atomic E-state index is -0.813. The highest BCUT2D eigenvalue weighted by Gasteiger charge is 2.20. The summed E-state index contributed by atoms with van der Waals surface area (Å²) in [5.74, 6) is 0.289. The highest BCUT2D eigenvalue weighted by molar-refractivity contribution is 7.80. The molecule has 6 heteroatoms. The summed E-state index contributed by atoms with van der Waals surface area (Å²) in [4.78, 5) is 11.2. The van der Waals surface area contributed by atoms with Gasteiger partial charge in [0.2, 0.25) is 5.91 Å². The van der Waals surface area contributed by atoms with Gasteiger partial charge < -0.3 is 15.7 Å². The highest BCUT2D eigenvalue weighted by atomic mass is 32.1. The predicted octanol–water partition coefficient (Wildman–Crippen LogP) is 2.24. The standard InChI is InChI=1S/C17H20N2O3S/c18-17(20)16(12-23)19(21)10-13-6-8-15(9-7-13)22-11-14-4-2-1-3-5-14/h1-9,16,21,23H,10-12H2,(H2,18,20)/t16-/m0/s1. The fourth-order valence-electron chi connectivity index (χ4n) is 2.06. The highest BCUT2D eigenvalue weighted by Crippen LogP contribution is 2.16. The number of thiol groups is 1. The number of amides is 1. The smallest absolute Gasteiger partial charge is 0.238 e. The van der Waals surface area contributed by atoms with Crippen LogP contribution in [0.15, 0.2) is 54.6 Å². The molecule has 1 atom stereocenters. The zero-order chi connectivity index (χ0) is 16.7. The number of hydroxylamine groups is 2. The van der Waals surface area contributed by atoms with Crippen LogP contribution in [0.3, 0.4) is 0 Å². The molecular formula is C17H20N2O3S. The average Bonchev–Trinajstić information content (AvgIpc) is 2.55. The molecule has 3 N–H and O–H groups in total. The van der Waals surface area contributed by atoms with Gasteiger partial charge in [-0.3, -0.25) is 4.79 Å². The summed E-state index contributed by atoms with van der Waals surface area (Å²) >= 11 is 4.02. The molecule has 2 aromatic rings. The molecule has 0 aliphatic rings. The van der Waals surface area contributed by atoms with Crippen molar-refractivity contribution >= 4 is 18.5 Å². The van der Waals surface area contributed by atoms with Gasteiger partial charge in [-0.15, -0.1) is 0 Å². The Morgan fingerprint density at radius 3 is 2.35 bits per heavy atom. The number of hydrogen-bond acceptors (Lipinski definition) is 5. The Labute approximate surface area is 141 Å². The number of nitrogens with two attached hydrogens (primary N) is 1. The summed E-state index contributed by atoms with van der Waals surface area (Å²) in [5.41, 5.74) is 7.15. The molecule has 23 heavy (non-hydrogen) atoms. The topological polar surface area (TPSA) is 75.8 Å². The van der Waals surface area contributed by atoms with Crippen LogP contribution in [0.25, 0.3) is 0 Å². The zero-order valence-electron chi connectivity index (χ0n) is 12.6. The Balaban J connectivity index is 1.90. The van der Waals surface area contributed by atoms with E-state index < -0.39 is 11.9 Å². The van der Waals surface area contributed by atoms with E-state index in [0.717, 1.165) is 21.9 Å². The number of nitrogens with zero attached hydrogens (tertiary/aromatic N) is 1. The van der Waals surface area contributed by atoms with Gasteiger partial charge in [0.1, 0.15) is 18.4 Å². The van der Waals surface area contributed by atoms with Crippen molar-refractivity contribution in [2.75, 3.05) is 5.75 Å². The van der Waals surface area contributed by atoms with Gasteiger partial charge in [-0.05, 0) is 23.3 Å². The maximum absolute atomic E-state index is 11.2. The van der Waals surface area contributed by atoms with Gasteiger partial charge in [0, 0.05) is 12.3 Å². The van der Waals surface area contributed by atoms with Crippen molar-refractivity contribution in [1.29, 1.82) is 0 Å². The second kappa shape index (κ2) is 8.57. The molecule has 2 aromatic carbocycles. The zero-order valence-corrected chi connectivity index (χ0v) is 13.5. The van der Waals surface area contributed by atoms with Crippen LogP contribution in [0.4, 0.5) is 0 Å². The van der Waals surface area contributed by atoms with Crippen LogP contribution in [-0.4, -0.2) is 28.0 Å². The van der Waals surface area contributed by atoms with Gasteiger partial charge >= 0.3 is 0 Å². The molecule has 0 aliphatic carbocycles. The van der Waals surface area contributed by atoms with Gasteiger partial charge in [-0.2, -0.15) is 17.7 Å². The van der Waals surface area contributed by atoms with Crippen molar-refractivity contribution in [2.45, 2.75) is 19.2 Å². The Morgan fingerprint density at radius 1 is 1.13 bits per heavy atom. The molecule has 0 bridgehead atoms. The molecule has 0 saturated carbocycles. The second-order valence-corrected chi connectivity index (χ2v) is 5.48. The van der Waals surface area contributed by atoms with E-state index in [-0.39, 0.29) is 12.3 Å². The maximum atomic E-state index is 11.2. The Bertz CT molecular complexity index is 619. The number of carbonyl (C=O) groups is 1. The lowest BCUT2D eigenvalue weighted by Crippen LogP contribution is -2.43. The van der Waals surface area contributed by atoms with Gasteiger partial charge in [0.15, 0.2) is 0 Å². The quantitative estimate of drug-likeness (QED) is 0.512. The number of ether oxygens (including phenoxy) is 1. The van der Waals surface area contributed by atoms with Crippen molar-refractivity contribution in [3.8, 4) is 5.75 Å². The molecule has 122 valence electrons. The molecule has 0 fully saturated rings. The molecule has 1 amide bonds. The third-order valence-electron chi connectivity index (χ3n) is 3.38. The van der Waals surface area contributed by atoms with Gasteiger partial charge in [-0.1, -0.05) is 42.5 Å². The summed E-state index contributed by atoms with van der Waals surface area (Å²) in [6, 6.07) is 16.4. The first-order chi connectivity index (χ1) is 11.1. The van der Waals surface area contributed by atoms with Crippen LogP contribution in [0.5, 0.6) is 5.75 Å². The van der Waals surface area contributed by atoms with E-state index in [1.54, 1.807) is 0 Å². The van der Waals surface area contributed by atoms with E-state index in [0.29, 0.717) is 6.61 Å². The monoisotopic (exact) mass is 332 g/mol. The molecule has 0 radical (unpaired) electrons. The van der Waals surface area contributed by atoms with Crippen molar-refractivity contribution in [3.63, 3.8) is 0 Å². The van der Waals surface area contributed by atoms with Crippen molar-refractivity contribution in [3.05, 3.63) is 65.7 Å². The lowest BCUT2D eigenvalue weighted by atomic mass is 10.2. The molecule has 0 heterocycles. The lowest BCUT2D eigenvalue weighted by Gasteiger charge is -2.21. The van der Waals surface area contributed by atoms with Gasteiger partial charge in [-0.25, -0.2) is 0 Å². The second-order valence-electron chi connectivity index (χ2n) is 5.12. The number of primary amides is 1. The van der Waals surface area contributed by atoms with E-state index in [1.165, 1.54) is 0 Å². The Hall–Kier alpha value is -2.02. The minimum absolute atomic E-state index is 0.157. The van der Waals surface area contributed by atoms with Crippen molar-refractivity contribution in [1.82, 2.24) is 5.06 Å². The SMILES string of the molecule is NC(=O)[C@H](CS)N(O)Cc1ccc(OCc2ccccc2)cc1. The molecule has 0 spiro atoms. The largest absolute Gasteiger partial charge is 0.489 e. The first kappa shape index (κ1) is 17.3.